The average Bonchev–Trinajstić information content (AvgIpc) is 3.33. The summed E-state index contributed by atoms with van der Waals surface area (Å²) in [5, 5.41) is 2.66. The molecule has 1 N–H and O–H groups in total. The van der Waals surface area contributed by atoms with Gasteiger partial charge < -0.3 is 29.2 Å². The van der Waals surface area contributed by atoms with E-state index < -0.39 is 42.4 Å². The molecule has 10 nitrogen and oxygen atoms in total. The van der Waals surface area contributed by atoms with Gasteiger partial charge in [-0.05, 0) is 48.6 Å². The molecule has 0 bridgehead atoms. The summed E-state index contributed by atoms with van der Waals surface area (Å²) in [5.41, 5.74) is 0.865. The van der Waals surface area contributed by atoms with Gasteiger partial charge in [0, 0.05) is 13.0 Å². The summed E-state index contributed by atoms with van der Waals surface area (Å²) in [6, 6.07) is 25.0. The number of nitrogens with zero attached hydrogens (tertiary/aromatic N) is 1. The first-order valence-electron chi connectivity index (χ1n) is 12.9. The molecule has 0 spiro atoms. The summed E-state index contributed by atoms with van der Waals surface area (Å²) in [7, 11) is 0. The van der Waals surface area contributed by atoms with Crippen molar-refractivity contribution in [2.24, 2.45) is 0 Å². The quantitative estimate of drug-likeness (QED) is 0.244. The highest BCUT2D eigenvalue weighted by Crippen LogP contribution is 2.32. The smallest absolute Gasteiger partial charge is 0.338 e. The minimum Gasteiger partial charge on any atom is -0.459 e. The number of rotatable bonds is 8. The highest BCUT2D eigenvalue weighted by molar-refractivity contribution is 7.80. The minimum absolute atomic E-state index is 0.0714. The maximum absolute atomic E-state index is 13.2. The van der Waals surface area contributed by atoms with Crippen LogP contribution in [-0.4, -0.2) is 71.5 Å². The van der Waals surface area contributed by atoms with Crippen LogP contribution in [0.15, 0.2) is 91.0 Å². The van der Waals surface area contributed by atoms with Crippen molar-refractivity contribution >= 4 is 41.1 Å². The number of hydrogen-bond donors (Lipinski definition) is 1. The fourth-order valence-corrected chi connectivity index (χ4v) is 4.84. The number of nitrogens with one attached hydrogen (secondary N) is 1. The van der Waals surface area contributed by atoms with Gasteiger partial charge in [-0.25, -0.2) is 14.4 Å². The Kier molecular flexibility index (Phi) is 8.66. The summed E-state index contributed by atoms with van der Waals surface area (Å²) < 4.78 is 23.6. The van der Waals surface area contributed by atoms with Crippen molar-refractivity contribution in [1.82, 2.24) is 10.2 Å². The van der Waals surface area contributed by atoms with Crippen molar-refractivity contribution in [3.8, 4) is 0 Å². The second-order valence-electron chi connectivity index (χ2n) is 9.30. The van der Waals surface area contributed by atoms with Crippen molar-refractivity contribution in [2.75, 3.05) is 13.2 Å². The van der Waals surface area contributed by atoms with Crippen LogP contribution in [0.3, 0.4) is 0 Å². The van der Waals surface area contributed by atoms with E-state index in [1.165, 1.54) is 0 Å². The van der Waals surface area contributed by atoms with Crippen LogP contribution in [0.25, 0.3) is 0 Å². The van der Waals surface area contributed by atoms with Crippen molar-refractivity contribution in [3.05, 3.63) is 108 Å². The molecule has 0 radical (unpaired) electrons. The number of ether oxygens (including phenoxy) is 4. The van der Waals surface area contributed by atoms with E-state index in [1.54, 1.807) is 95.9 Å². The van der Waals surface area contributed by atoms with E-state index in [4.69, 9.17) is 31.2 Å². The van der Waals surface area contributed by atoms with Crippen LogP contribution in [0.5, 0.6) is 0 Å². The number of benzene rings is 3. The Morgan fingerprint density at radius 1 is 0.780 bits per heavy atom. The van der Waals surface area contributed by atoms with Crippen LogP contribution in [0.2, 0.25) is 0 Å². The number of carbonyl (C=O) groups is 4. The van der Waals surface area contributed by atoms with Crippen LogP contribution in [-0.2, 0) is 23.7 Å². The molecule has 210 valence electrons. The third-order valence-electron chi connectivity index (χ3n) is 6.57. The zero-order valence-electron chi connectivity index (χ0n) is 21.7. The molecule has 2 fully saturated rings. The van der Waals surface area contributed by atoms with Gasteiger partial charge in [0.15, 0.2) is 23.5 Å². The minimum atomic E-state index is -1.19. The number of thiocarbonyl (C=S) groups is 1. The molecule has 11 heteroatoms. The molecule has 3 aromatic rings. The first kappa shape index (κ1) is 27.9. The molecule has 2 aliphatic rings. The molecule has 2 saturated heterocycles. The molecule has 2 heterocycles. The van der Waals surface area contributed by atoms with Crippen molar-refractivity contribution in [1.29, 1.82) is 0 Å². The van der Waals surface area contributed by atoms with Crippen molar-refractivity contribution in [3.63, 3.8) is 0 Å². The average molecular weight is 575 g/mol. The summed E-state index contributed by atoms with van der Waals surface area (Å²) >= 11 is 5.39. The Balaban J connectivity index is 1.45. The normalized spacial score (nSPS) is 22.0. The lowest BCUT2D eigenvalue weighted by Gasteiger charge is -2.36. The van der Waals surface area contributed by atoms with Gasteiger partial charge in [0.2, 0.25) is 5.91 Å². The molecular weight excluding hydrogens is 548 g/mol. The van der Waals surface area contributed by atoms with E-state index in [9.17, 15) is 19.2 Å². The third-order valence-corrected chi connectivity index (χ3v) is 6.91. The highest BCUT2D eigenvalue weighted by atomic mass is 32.1. The standard InChI is InChI=1S/C30H26N2O8S/c33-23-16-17-32(30(41)31-23)26-25(40-29(36)21-14-8-3-9-15-21)24(39-28(35)20-12-6-2-7-13-20)22(38-26)18-37-27(34)19-10-4-1-5-11-19/h1-15,22,24-26H,16-18H2,(H,31,33,41)/t22-,24-,25-,26-/m1/s1. The SMILES string of the molecule is O=C1CCN([C@@H]2O[C@H](COC(=O)c3ccccc3)[C@@H](OC(=O)c3ccccc3)[C@H]2OC(=O)c2ccccc2)C(=S)N1. The molecule has 41 heavy (non-hydrogen) atoms. The van der Waals surface area contributed by atoms with Gasteiger partial charge in [-0.3, -0.25) is 4.79 Å². The molecule has 0 aromatic heterocycles. The molecule has 1 amide bonds. The lowest BCUT2D eigenvalue weighted by molar-refractivity contribution is -0.124. The van der Waals surface area contributed by atoms with E-state index >= 15 is 0 Å². The second-order valence-corrected chi connectivity index (χ2v) is 9.68. The molecule has 0 aliphatic carbocycles. The van der Waals surface area contributed by atoms with Crippen LogP contribution in [0, 0.1) is 0 Å². The maximum atomic E-state index is 13.2. The Labute approximate surface area is 241 Å². The molecule has 3 aromatic carbocycles. The first-order valence-corrected chi connectivity index (χ1v) is 13.3. The number of hydrogen-bond acceptors (Lipinski definition) is 9. The molecule has 2 aliphatic heterocycles. The van der Waals surface area contributed by atoms with Crippen LogP contribution in [0.4, 0.5) is 0 Å². The zero-order chi connectivity index (χ0) is 28.8. The van der Waals surface area contributed by atoms with Gasteiger partial charge in [0.25, 0.3) is 0 Å². The Bertz CT molecular complexity index is 1420. The Morgan fingerprint density at radius 3 is 1.78 bits per heavy atom. The largest absolute Gasteiger partial charge is 0.459 e. The van der Waals surface area contributed by atoms with Gasteiger partial charge in [-0.1, -0.05) is 54.6 Å². The van der Waals surface area contributed by atoms with Gasteiger partial charge in [-0.2, -0.15) is 0 Å². The van der Waals surface area contributed by atoms with Gasteiger partial charge in [0.05, 0.1) is 16.7 Å². The van der Waals surface area contributed by atoms with Gasteiger partial charge in [0.1, 0.15) is 12.7 Å². The molecule has 4 atom stereocenters. The van der Waals surface area contributed by atoms with Gasteiger partial charge in [-0.15, -0.1) is 0 Å². The predicted molar refractivity (Wildman–Crippen MR) is 149 cm³/mol. The number of carbonyl (C=O) groups excluding carboxylic acids is 4. The Morgan fingerprint density at radius 2 is 1.27 bits per heavy atom. The zero-order valence-corrected chi connectivity index (χ0v) is 22.5. The maximum Gasteiger partial charge on any atom is 0.338 e. The van der Waals surface area contributed by atoms with E-state index in [0.717, 1.165) is 0 Å². The monoisotopic (exact) mass is 574 g/mol. The summed E-state index contributed by atoms with van der Waals surface area (Å²) in [5.74, 6) is -2.24. The molecule has 5 rings (SSSR count). The van der Waals surface area contributed by atoms with Crippen LogP contribution >= 0.6 is 12.2 Å². The van der Waals surface area contributed by atoms with Crippen LogP contribution < -0.4 is 5.32 Å². The number of amides is 1. The van der Waals surface area contributed by atoms with E-state index in [1.807, 2.05) is 0 Å². The third kappa shape index (κ3) is 6.59. The van der Waals surface area contributed by atoms with E-state index in [-0.39, 0.29) is 41.7 Å². The molecule has 0 unspecified atom stereocenters. The number of esters is 3. The molecule has 0 saturated carbocycles. The first-order chi connectivity index (χ1) is 19.9. The Hall–Kier alpha value is -4.61. The van der Waals surface area contributed by atoms with Crippen molar-refractivity contribution in [2.45, 2.75) is 31.0 Å². The fraction of sp³-hybridized carbons (Fsp3) is 0.233. The van der Waals surface area contributed by atoms with Crippen LogP contribution in [0.1, 0.15) is 37.5 Å². The second kappa shape index (κ2) is 12.7. The summed E-state index contributed by atoms with van der Waals surface area (Å²) in [6.45, 7) is -0.145. The topological polar surface area (TPSA) is 120 Å². The van der Waals surface area contributed by atoms with Crippen molar-refractivity contribution < 1.29 is 38.1 Å². The fourth-order valence-electron chi connectivity index (χ4n) is 4.53. The van der Waals surface area contributed by atoms with Gasteiger partial charge >= 0.3 is 17.9 Å². The summed E-state index contributed by atoms with van der Waals surface area (Å²) in [4.78, 5) is 52.6. The van der Waals surface area contributed by atoms with E-state index in [0.29, 0.717) is 5.56 Å². The highest BCUT2D eigenvalue weighted by Gasteiger charge is 2.53. The lowest BCUT2D eigenvalue weighted by atomic mass is 10.1. The summed E-state index contributed by atoms with van der Waals surface area (Å²) in [6.07, 6.45) is -4.35. The van der Waals surface area contributed by atoms with E-state index in [2.05, 4.69) is 5.32 Å². The predicted octanol–water partition coefficient (Wildman–Crippen LogP) is 3.13. The lowest BCUT2D eigenvalue weighted by Crippen LogP contribution is -2.57. The molecular formula is C30H26N2O8S.